The minimum atomic E-state index is -0.595. The number of amides is 1. The smallest absolute Gasteiger partial charge is 0.325 e. The molecule has 0 aliphatic heterocycles. The molecule has 7 nitrogen and oxygen atoms in total. The van der Waals surface area contributed by atoms with Crippen molar-refractivity contribution in [2.24, 2.45) is 0 Å². The zero-order valence-electron chi connectivity index (χ0n) is 17.9. The first-order valence-electron chi connectivity index (χ1n) is 10.1. The van der Waals surface area contributed by atoms with E-state index in [1.54, 1.807) is 24.3 Å². The van der Waals surface area contributed by atoms with Crippen molar-refractivity contribution >= 4 is 45.0 Å². The van der Waals surface area contributed by atoms with Crippen LogP contribution in [0.5, 0.6) is 0 Å². The molecular formula is C23H22N4O3S2. The lowest BCUT2D eigenvalue weighted by Crippen LogP contribution is -2.40. The third-order valence-electron chi connectivity index (χ3n) is 4.75. The Morgan fingerprint density at radius 2 is 1.78 bits per heavy atom. The SMILES string of the molecule is CCSc1nc2c(s1)c(=O)n(-c1ccccc1)c(=O)n2CC(=O)Nc1cc(C)cc(C)c1. The number of aryl methyl sites for hydroxylation is 2. The van der Waals surface area contributed by atoms with Crippen LogP contribution in [0.25, 0.3) is 16.0 Å². The second-order valence-electron chi connectivity index (χ2n) is 7.33. The highest BCUT2D eigenvalue weighted by atomic mass is 32.2. The highest BCUT2D eigenvalue weighted by Crippen LogP contribution is 2.27. The van der Waals surface area contributed by atoms with Crippen LogP contribution in [0, 0.1) is 13.8 Å². The molecule has 0 spiro atoms. The Balaban J connectivity index is 1.82. The molecule has 2 aromatic heterocycles. The quantitative estimate of drug-likeness (QED) is 0.435. The first kappa shape index (κ1) is 22.0. The number of rotatable bonds is 6. The molecule has 0 atom stereocenters. The van der Waals surface area contributed by atoms with Gasteiger partial charge < -0.3 is 5.32 Å². The molecule has 0 saturated carbocycles. The average Bonchev–Trinajstić information content (AvgIpc) is 3.16. The van der Waals surface area contributed by atoms with Crippen LogP contribution in [0.3, 0.4) is 0 Å². The van der Waals surface area contributed by atoms with E-state index >= 15 is 0 Å². The van der Waals surface area contributed by atoms with Crippen LogP contribution in [0.4, 0.5) is 5.69 Å². The van der Waals surface area contributed by atoms with Gasteiger partial charge in [-0.25, -0.2) is 14.3 Å². The van der Waals surface area contributed by atoms with E-state index in [0.29, 0.717) is 20.4 Å². The van der Waals surface area contributed by atoms with Crippen LogP contribution in [0.2, 0.25) is 0 Å². The number of aromatic nitrogens is 3. The van der Waals surface area contributed by atoms with Crippen molar-refractivity contribution in [3.63, 3.8) is 0 Å². The van der Waals surface area contributed by atoms with Gasteiger partial charge in [-0.3, -0.25) is 14.2 Å². The lowest BCUT2D eigenvalue weighted by molar-refractivity contribution is -0.116. The highest BCUT2D eigenvalue weighted by molar-refractivity contribution is 8.01. The molecule has 0 saturated heterocycles. The number of thiazole rings is 1. The van der Waals surface area contributed by atoms with Gasteiger partial charge in [-0.05, 0) is 55.0 Å². The topological polar surface area (TPSA) is 86.0 Å². The Morgan fingerprint density at radius 3 is 2.44 bits per heavy atom. The zero-order valence-corrected chi connectivity index (χ0v) is 19.5. The second-order valence-corrected chi connectivity index (χ2v) is 9.85. The molecule has 32 heavy (non-hydrogen) atoms. The molecule has 2 heterocycles. The number of hydrogen-bond acceptors (Lipinski definition) is 6. The summed E-state index contributed by atoms with van der Waals surface area (Å²) in [5, 5.41) is 2.85. The minimum absolute atomic E-state index is 0.240. The molecule has 4 aromatic rings. The maximum atomic E-state index is 13.4. The minimum Gasteiger partial charge on any atom is -0.325 e. The van der Waals surface area contributed by atoms with Crippen molar-refractivity contribution < 1.29 is 4.79 Å². The van der Waals surface area contributed by atoms with E-state index in [1.807, 2.05) is 45.0 Å². The molecular weight excluding hydrogens is 444 g/mol. The molecule has 0 fully saturated rings. The summed E-state index contributed by atoms with van der Waals surface area (Å²) in [5.41, 5.74) is 2.38. The number of para-hydroxylation sites is 1. The van der Waals surface area contributed by atoms with Gasteiger partial charge in [-0.2, -0.15) is 0 Å². The maximum Gasteiger partial charge on any atom is 0.337 e. The lowest BCUT2D eigenvalue weighted by atomic mass is 10.1. The maximum absolute atomic E-state index is 13.4. The van der Waals surface area contributed by atoms with Gasteiger partial charge in [0.15, 0.2) is 9.99 Å². The molecule has 0 radical (unpaired) electrons. The third-order valence-corrected chi connectivity index (χ3v) is 6.81. The Bertz CT molecular complexity index is 1400. The fourth-order valence-corrected chi connectivity index (χ4v) is 5.51. The van der Waals surface area contributed by atoms with Crippen LogP contribution in [-0.4, -0.2) is 25.8 Å². The predicted octanol–water partition coefficient (Wildman–Crippen LogP) is 3.98. The van der Waals surface area contributed by atoms with Gasteiger partial charge in [0, 0.05) is 5.69 Å². The largest absolute Gasteiger partial charge is 0.337 e. The Hall–Kier alpha value is -3.17. The number of thioether (sulfide) groups is 1. The summed E-state index contributed by atoms with van der Waals surface area (Å²) in [6.45, 7) is 5.64. The van der Waals surface area contributed by atoms with Gasteiger partial charge in [0.25, 0.3) is 5.56 Å². The molecule has 0 aliphatic carbocycles. The number of nitrogens with zero attached hydrogens (tertiary/aromatic N) is 3. The number of anilines is 1. The van der Waals surface area contributed by atoms with Crippen LogP contribution < -0.4 is 16.6 Å². The molecule has 1 N–H and O–H groups in total. The van der Waals surface area contributed by atoms with E-state index in [1.165, 1.54) is 27.7 Å². The van der Waals surface area contributed by atoms with Crippen molar-refractivity contribution in [3.05, 3.63) is 80.5 Å². The van der Waals surface area contributed by atoms with Crippen molar-refractivity contribution in [3.8, 4) is 5.69 Å². The zero-order chi connectivity index (χ0) is 22.8. The summed E-state index contributed by atoms with van der Waals surface area (Å²) in [6.07, 6.45) is 0. The van der Waals surface area contributed by atoms with Crippen molar-refractivity contribution in [2.45, 2.75) is 31.7 Å². The van der Waals surface area contributed by atoms with Gasteiger partial charge in [0.1, 0.15) is 11.2 Å². The Morgan fingerprint density at radius 1 is 1.09 bits per heavy atom. The summed E-state index contributed by atoms with van der Waals surface area (Å²) in [7, 11) is 0. The van der Waals surface area contributed by atoms with Gasteiger partial charge in [0.05, 0.1) is 5.69 Å². The standard InChI is InChI=1S/C23H22N4O3S2/c1-4-31-22-25-20-19(32-22)21(29)27(17-8-6-5-7-9-17)23(30)26(20)13-18(28)24-16-11-14(2)10-15(3)12-16/h5-12H,4,13H2,1-3H3,(H,24,28). The molecule has 0 bridgehead atoms. The van der Waals surface area contributed by atoms with E-state index in [0.717, 1.165) is 21.4 Å². The molecule has 0 aliphatic rings. The number of carbonyl (C=O) groups is 1. The van der Waals surface area contributed by atoms with E-state index in [4.69, 9.17) is 0 Å². The van der Waals surface area contributed by atoms with Crippen molar-refractivity contribution in [1.82, 2.24) is 14.1 Å². The molecule has 1 amide bonds. The number of benzene rings is 2. The summed E-state index contributed by atoms with van der Waals surface area (Å²) in [6, 6.07) is 14.5. The first-order chi connectivity index (χ1) is 15.4. The fraction of sp³-hybridized carbons (Fsp3) is 0.217. The number of fused-ring (bicyclic) bond motifs is 1. The number of hydrogen-bond donors (Lipinski definition) is 1. The second kappa shape index (κ2) is 9.13. The summed E-state index contributed by atoms with van der Waals surface area (Å²) >= 11 is 2.74. The summed E-state index contributed by atoms with van der Waals surface area (Å²) in [5.74, 6) is 0.416. The van der Waals surface area contributed by atoms with E-state index in [9.17, 15) is 14.4 Å². The van der Waals surface area contributed by atoms with E-state index < -0.39 is 11.2 Å². The third kappa shape index (κ3) is 4.39. The molecule has 2 aromatic carbocycles. The monoisotopic (exact) mass is 466 g/mol. The van der Waals surface area contributed by atoms with E-state index in [2.05, 4.69) is 10.3 Å². The predicted molar refractivity (Wildman–Crippen MR) is 130 cm³/mol. The number of carbonyl (C=O) groups excluding carboxylic acids is 1. The summed E-state index contributed by atoms with van der Waals surface area (Å²) < 4.78 is 3.42. The van der Waals surface area contributed by atoms with Crippen molar-refractivity contribution in [1.29, 1.82) is 0 Å². The number of nitrogens with one attached hydrogen (secondary N) is 1. The highest BCUT2D eigenvalue weighted by Gasteiger charge is 2.20. The molecule has 9 heteroatoms. The molecule has 0 unspecified atom stereocenters. The van der Waals surface area contributed by atoms with Crippen LogP contribution in [0.1, 0.15) is 18.1 Å². The van der Waals surface area contributed by atoms with Gasteiger partial charge in [0.2, 0.25) is 5.91 Å². The van der Waals surface area contributed by atoms with Crippen LogP contribution in [0.15, 0.2) is 62.5 Å². The average molecular weight is 467 g/mol. The fourth-order valence-electron chi connectivity index (χ4n) is 3.54. The Labute approximate surface area is 192 Å². The first-order valence-corrected chi connectivity index (χ1v) is 11.9. The summed E-state index contributed by atoms with van der Waals surface area (Å²) in [4.78, 5) is 43.9. The van der Waals surface area contributed by atoms with Crippen molar-refractivity contribution in [2.75, 3.05) is 11.1 Å². The van der Waals surface area contributed by atoms with Gasteiger partial charge >= 0.3 is 5.69 Å². The van der Waals surface area contributed by atoms with Gasteiger partial charge in [-0.1, -0.05) is 43.0 Å². The Kier molecular flexibility index (Phi) is 6.29. The van der Waals surface area contributed by atoms with Gasteiger partial charge in [-0.15, -0.1) is 11.3 Å². The normalized spacial score (nSPS) is 11.1. The van der Waals surface area contributed by atoms with Crippen LogP contribution in [-0.2, 0) is 11.3 Å². The van der Waals surface area contributed by atoms with E-state index in [-0.39, 0.29) is 18.1 Å². The van der Waals surface area contributed by atoms with Crippen LogP contribution >= 0.6 is 23.1 Å². The molecule has 164 valence electrons. The lowest BCUT2D eigenvalue weighted by Gasteiger charge is -2.12. The molecule has 4 rings (SSSR count).